The smallest absolute Gasteiger partial charge is 0.282 e. The van der Waals surface area contributed by atoms with E-state index in [1.807, 2.05) is 0 Å². The van der Waals surface area contributed by atoms with Crippen molar-refractivity contribution < 1.29 is 9.72 Å². The maximum atomic E-state index is 12.4. The number of hydrogen-bond acceptors (Lipinski definition) is 3. The van der Waals surface area contributed by atoms with Crippen molar-refractivity contribution >= 4 is 23.2 Å². The Bertz CT molecular complexity index is 562. The molecule has 0 saturated heterocycles. The number of nitrogens with one attached hydrogen (secondary N) is 1. The Balaban J connectivity index is 2.20. The Kier molecular flexibility index (Phi) is 4.83. The second kappa shape index (κ2) is 6.43. The average molecular weight is 311 g/mol. The van der Waals surface area contributed by atoms with Crippen LogP contribution in [0.1, 0.15) is 43.5 Å². The highest BCUT2D eigenvalue weighted by Gasteiger charge is 2.30. The molecule has 1 fully saturated rings. The third-order valence-electron chi connectivity index (χ3n) is 4.42. The first-order valence-electron chi connectivity index (χ1n) is 7.15. The van der Waals surface area contributed by atoms with E-state index >= 15 is 0 Å². The maximum absolute atomic E-state index is 12.4. The van der Waals surface area contributed by atoms with E-state index in [1.165, 1.54) is 18.2 Å². The van der Waals surface area contributed by atoms with Crippen LogP contribution >= 0.6 is 11.6 Å². The summed E-state index contributed by atoms with van der Waals surface area (Å²) in [5.74, 6) is 0.481. The second-order valence-corrected chi connectivity index (χ2v) is 6.20. The number of rotatable bonds is 3. The molecule has 114 valence electrons. The van der Waals surface area contributed by atoms with Gasteiger partial charge in [-0.25, -0.2) is 0 Å². The van der Waals surface area contributed by atoms with Crippen molar-refractivity contribution in [2.24, 2.45) is 11.8 Å². The molecule has 0 spiro atoms. The molecular weight excluding hydrogens is 292 g/mol. The monoisotopic (exact) mass is 310 g/mol. The molecule has 0 radical (unpaired) electrons. The molecule has 2 rings (SSSR count). The number of nitro groups is 1. The van der Waals surface area contributed by atoms with Gasteiger partial charge in [0.1, 0.15) is 5.56 Å². The number of hydrogen-bond donors (Lipinski definition) is 1. The number of halogens is 1. The molecule has 0 aliphatic heterocycles. The van der Waals surface area contributed by atoms with Gasteiger partial charge in [0.2, 0.25) is 0 Å². The fourth-order valence-electron chi connectivity index (χ4n) is 2.88. The van der Waals surface area contributed by atoms with Crippen molar-refractivity contribution in [3.63, 3.8) is 0 Å². The molecular formula is C15H19ClN2O3. The zero-order chi connectivity index (χ0) is 15.6. The number of nitrogens with zero attached hydrogens (tertiary/aromatic N) is 1. The predicted octanol–water partition coefficient (Wildman–Crippen LogP) is 3.80. The van der Waals surface area contributed by atoms with E-state index in [9.17, 15) is 14.9 Å². The van der Waals surface area contributed by atoms with Crippen molar-refractivity contribution in [1.29, 1.82) is 0 Å². The minimum Gasteiger partial charge on any atom is -0.349 e. The molecule has 1 aromatic carbocycles. The Morgan fingerprint density at radius 3 is 2.76 bits per heavy atom. The summed E-state index contributed by atoms with van der Waals surface area (Å²) in [6.07, 6.45) is 3.13. The number of benzene rings is 1. The summed E-state index contributed by atoms with van der Waals surface area (Å²) in [6.45, 7) is 4.28. The fourth-order valence-corrected chi connectivity index (χ4v) is 3.05. The zero-order valence-corrected chi connectivity index (χ0v) is 12.9. The maximum Gasteiger partial charge on any atom is 0.282 e. The lowest BCUT2D eigenvalue weighted by Gasteiger charge is -2.34. The summed E-state index contributed by atoms with van der Waals surface area (Å²) in [5.41, 5.74) is -0.189. The van der Waals surface area contributed by atoms with Gasteiger partial charge in [-0.1, -0.05) is 38.3 Å². The first-order chi connectivity index (χ1) is 9.90. The van der Waals surface area contributed by atoms with Crippen molar-refractivity contribution in [3.05, 3.63) is 38.9 Å². The molecule has 1 saturated carbocycles. The standard InChI is InChI=1S/C15H19ClN2O3/c1-9-4-3-5-13(10(9)2)17-15(19)12-8-11(16)6-7-14(12)18(20)21/h6-10,13H,3-5H2,1-2H3,(H,17,19). The first kappa shape index (κ1) is 15.8. The summed E-state index contributed by atoms with van der Waals surface area (Å²) in [7, 11) is 0. The lowest BCUT2D eigenvalue weighted by atomic mass is 9.78. The Morgan fingerprint density at radius 1 is 1.38 bits per heavy atom. The molecule has 1 amide bonds. The van der Waals surface area contributed by atoms with Gasteiger partial charge < -0.3 is 5.32 Å². The lowest BCUT2D eigenvalue weighted by Crippen LogP contribution is -2.43. The molecule has 5 nitrogen and oxygen atoms in total. The van der Waals surface area contributed by atoms with Crippen LogP contribution in [-0.2, 0) is 0 Å². The molecule has 0 aromatic heterocycles. The number of carbonyl (C=O) groups excluding carboxylic acids is 1. The van der Waals surface area contributed by atoms with Gasteiger partial charge >= 0.3 is 0 Å². The van der Waals surface area contributed by atoms with Gasteiger partial charge in [0.25, 0.3) is 11.6 Å². The number of amides is 1. The molecule has 1 aromatic rings. The highest BCUT2D eigenvalue weighted by Crippen LogP contribution is 2.30. The van der Waals surface area contributed by atoms with Gasteiger partial charge in [-0.2, -0.15) is 0 Å². The summed E-state index contributed by atoms with van der Waals surface area (Å²) >= 11 is 5.86. The van der Waals surface area contributed by atoms with Gasteiger partial charge in [-0.05, 0) is 30.4 Å². The van der Waals surface area contributed by atoms with Crippen LogP contribution in [0.15, 0.2) is 18.2 Å². The number of nitro benzene ring substituents is 1. The largest absolute Gasteiger partial charge is 0.349 e. The van der Waals surface area contributed by atoms with E-state index in [1.54, 1.807) is 0 Å². The van der Waals surface area contributed by atoms with Crippen LogP contribution in [0.4, 0.5) is 5.69 Å². The van der Waals surface area contributed by atoms with Crippen molar-refractivity contribution in [1.82, 2.24) is 5.32 Å². The van der Waals surface area contributed by atoms with E-state index in [-0.39, 0.29) is 17.3 Å². The van der Waals surface area contributed by atoms with Gasteiger partial charge in [0.05, 0.1) is 4.92 Å². The van der Waals surface area contributed by atoms with Crippen LogP contribution in [0.3, 0.4) is 0 Å². The Labute approximate surface area is 128 Å². The molecule has 0 heterocycles. The summed E-state index contributed by atoms with van der Waals surface area (Å²) in [4.78, 5) is 22.8. The van der Waals surface area contributed by atoms with E-state index in [0.29, 0.717) is 16.9 Å². The summed E-state index contributed by atoms with van der Waals surface area (Å²) in [6, 6.07) is 4.09. The topological polar surface area (TPSA) is 72.2 Å². The highest BCUT2D eigenvalue weighted by atomic mass is 35.5. The molecule has 1 aliphatic rings. The summed E-state index contributed by atoms with van der Waals surface area (Å²) in [5, 5.41) is 14.3. The van der Waals surface area contributed by atoms with Crippen molar-refractivity contribution in [2.75, 3.05) is 0 Å². The normalized spacial score (nSPS) is 25.4. The molecule has 6 heteroatoms. The van der Waals surface area contributed by atoms with Gasteiger partial charge in [-0.3, -0.25) is 14.9 Å². The third kappa shape index (κ3) is 3.53. The molecule has 1 N–H and O–H groups in total. The highest BCUT2D eigenvalue weighted by molar-refractivity contribution is 6.31. The third-order valence-corrected chi connectivity index (χ3v) is 4.66. The quantitative estimate of drug-likeness (QED) is 0.681. The fraction of sp³-hybridized carbons (Fsp3) is 0.533. The van der Waals surface area contributed by atoms with E-state index < -0.39 is 10.8 Å². The minimum absolute atomic E-state index is 0.0259. The molecule has 1 aliphatic carbocycles. The molecule has 3 unspecified atom stereocenters. The van der Waals surface area contributed by atoms with Crippen LogP contribution < -0.4 is 5.32 Å². The van der Waals surface area contributed by atoms with E-state index in [0.717, 1.165) is 19.3 Å². The van der Waals surface area contributed by atoms with E-state index in [4.69, 9.17) is 11.6 Å². The lowest BCUT2D eigenvalue weighted by molar-refractivity contribution is -0.385. The van der Waals surface area contributed by atoms with Crippen LogP contribution in [0, 0.1) is 22.0 Å². The second-order valence-electron chi connectivity index (χ2n) is 5.77. The predicted molar refractivity (Wildman–Crippen MR) is 81.5 cm³/mol. The average Bonchev–Trinajstić information content (AvgIpc) is 2.43. The first-order valence-corrected chi connectivity index (χ1v) is 7.52. The SMILES string of the molecule is CC1CCCC(NC(=O)c2cc(Cl)ccc2[N+](=O)[O-])C1C. The van der Waals surface area contributed by atoms with Crippen molar-refractivity contribution in [2.45, 2.75) is 39.2 Å². The number of carbonyl (C=O) groups is 1. The van der Waals surface area contributed by atoms with Crippen LogP contribution in [0.25, 0.3) is 0 Å². The minimum atomic E-state index is -0.557. The van der Waals surface area contributed by atoms with Gasteiger partial charge in [0.15, 0.2) is 0 Å². The van der Waals surface area contributed by atoms with Crippen LogP contribution in [-0.4, -0.2) is 16.9 Å². The Hall–Kier alpha value is -1.62. The Morgan fingerprint density at radius 2 is 2.10 bits per heavy atom. The van der Waals surface area contributed by atoms with Crippen LogP contribution in [0.2, 0.25) is 5.02 Å². The molecule has 21 heavy (non-hydrogen) atoms. The van der Waals surface area contributed by atoms with Gasteiger partial charge in [0, 0.05) is 17.1 Å². The molecule has 0 bridgehead atoms. The van der Waals surface area contributed by atoms with Crippen LogP contribution in [0.5, 0.6) is 0 Å². The zero-order valence-electron chi connectivity index (χ0n) is 12.1. The van der Waals surface area contributed by atoms with Gasteiger partial charge in [-0.15, -0.1) is 0 Å². The molecule has 3 atom stereocenters. The van der Waals surface area contributed by atoms with Crippen molar-refractivity contribution in [3.8, 4) is 0 Å². The van der Waals surface area contributed by atoms with E-state index in [2.05, 4.69) is 19.2 Å². The summed E-state index contributed by atoms with van der Waals surface area (Å²) < 4.78 is 0.